The molecule has 11 rings (SSSR count). The molecule has 262 valence electrons. The van der Waals surface area contributed by atoms with Crippen molar-refractivity contribution in [2.45, 2.75) is 0 Å². The van der Waals surface area contributed by atoms with Crippen molar-refractivity contribution in [2.75, 3.05) is 4.90 Å². The third-order valence-corrected chi connectivity index (χ3v) is 11.2. The van der Waals surface area contributed by atoms with E-state index in [1.54, 1.807) is 0 Å². The summed E-state index contributed by atoms with van der Waals surface area (Å²) in [5.41, 5.74) is 12.2. The van der Waals surface area contributed by atoms with Crippen LogP contribution in [0.25, 0.3) is 87.6 Å². The van der Waals surface area contributed by atoms with E-state index in [0.29, 0.717) is 0 Å². The lowest BCUT2D eigenvalue weighted by Crippen LogP contribution is -2.10. The number of hydrogen-bond acceptors (Lipinski definition) is 2. The number of hydrogen-bond donors (Lipinski definition) is 0. The molecule has 1 heterocycles. The molecule has 0 unspecified atom stereocenters. The first-order valence-corrected chi connectivity index (χ1v) is 19.2. The fourth-order valence-corrected chi connectivity index (χ4v) is 8.64. The predicted octanol–water partition coefficient (Wildman–Crippen LogP) is 15.5. The summed E-state index contributed by atoms with van der Waals surface area (Å²) in [5, 5.41) is 9.59. The summed E-state index contributed by atoms with van der Waals surface area (Å²) < 4.78 is 6.47. The van der Waals surface area contributed by atoms with Crippen LogP contribution >= 0.6 is 0 Å². The highest BCUT2D eigenvalue weighted by Crippen LogP contribution is 2.44. The molecule has 0 radical (unpaired) electrons. The quantitative estimate of drug-likeness (QED) is 0.171. The predicted molar refractivity (Wildman–Crippen MR) is 237 cm³/mol. The number of furan rings is 1. The van der Waals surface area contributed by atoms with Crippen LogP contribution < -0.4 is 4.90 Å². The zero-order valence-electron chi connectivity index (χ0n) is 30.6. The van der Waals surface area contributed by atoms with Crippen molar-refractivity contribution in [3.8, 4) is 33.4 Å². The topological polar surface area (TPSA) is 16.4 Å². The largest absolute Gasteiger partial charge is 0.456 e. The normalized spacial score (nSPS) is 11.6. The van der Waals surface area contributed by atoms with Crippen molar-refractivity contribution >= 4 is 71.3 Å². The summed E-state index contributed by atoms with van der Waals surface area (Å²) in [7, 11) is 0. The van der Waals surface area contributed by atoms with Crippen molar-refractivity contribution in [3.63, 3.8) is 0 Å². The molecule has 0 spiro atoms. The lowest BCUT2D eigenvalue weighted by Gasteiger charge is -2.27. The van der Waals surface area contributed by atoms with Crippen LogP contribution in [0.2, 0.25) is 0 Å². The van der Waals surface area contributed by atoms with Crippen molar-refractivity contribution in [2.24, 2.45) is 0 Å². The molecule has 0 saturated heterocycles. The molecular weight excluding hydrogens is 679 g/mol. The van der Waals surface area contributed by atoms with Gasteiger partial charge in [0.2, 0.25) is 0 Å². The Hall–Kier alpha value is -7.42. The van der Waals surface area contributed by atoms with Gasteiger partial charge in [-0.25, -0.2) is 0 Å². The van der Waals surface area contributed by atoms with Crippen molar-refractivity contribution in [1.82, 2.24) is 0 Å². The number of benzene rings is 10. The summed E-state index contributed by atoms with van der Waals surface area (Å²) in [6, 6.07) is 76.6. The molecule has 0 amide bonds. The van der Waals surface area contributed by atoms with E-state index in [1.165, 1.54) is 65.7 Å². The van der Waals surface area contributed by atoms with Gasteiger partial charge in [-0.3, -0.25) is 0 Å². The van der Waals surface area contributed by atoms with Gasteiger partial charge in [0.1, 0.15) is 11.2 Å². The van der Waals surface area contributed by atoms with E-state index in [4.69, 9.17) is 4.42 Å². The number of para-hydroxylation sites is 1. The Morgan fingerprint density at radius 1 is 0.286 bits per heavy atom. The minimum absolute atomic E-state index is 0.865. The van der Waals surface area contributed by atoms with E-state index in [1.807, 2.05) is 12.1 Å². The molecule has 0 aliphatic rings. The highest BCUT2D eigenvalue weighted by Gasteiger charge is 2.19. The summed E-state index contributed by atoms with van der Waals surface area (Å²) in [6.45, 7) is 0. The van der Waals surface area contributed by atoms with E-state index < -0.39 is 0 Å². The van der Waals surface area contributed by atoms with Crippen molar-refractivity contribution < 1.29 is 4.42 Å². The van der Waals surface area contributed by atoms with Gasteiger partial charge < -0.3 is 9.32 Å². The van der Waals surface area contributed by atoms with Gasteiger partial charge in [0.05, 0.1) is 0 Å². The maximum atomic E-state index is 6.47. The maximum Gasteiger partial charge on any atom is 0.137 e. The fourth-order valence-electron chi connectivity index (χ4n) is 8.64. The summed E-state index contributed by atoms with van der Waals surface area (Å²) in [4.78, 5) is 2.37. The van der Waals surface area contributed by atoms with Gasteiger partial charge in [0, 0.05) is 33.9 Å². The van der Waals surface area contributed by atoms with Gasteiger partial charge in [0.25, 0.3) is 0 Å². The van der Waals surface area contributed by atoms with Crippen LogP contribution in [0.5, 0.6) is 0 Å². The Morgan fingerprint density at radius 2 is 0.839 bits per heavy atom. The zero-order valence-corrected chi connectivity index (χ0v) is 30.6. The molecule has 2 nitrogen and oxygen atoms in total. The van der Waals surface area contributed by atoms with Crippen LogP contribution in [0, 0.1) is 0 Å². The second-order valence-electron chi connectivity index (χ2n) is 14.5. The second kappa shape index (κ2) is 13.2. The van der Waals surface area contributed by atoms with Gasteiger partial charge in [-0.2, -0.15) is 0 Å². The minimum atomic E-state index is 0.865. The van der Waals surface area contributed by atoms with E-state index in [9.17, 15) is 0 Å². The SMILES string of the molecule is c1ccc(-c2cccc3cccc(-c4ccc(N(c5cc(-c6cccc7ccccc67)c6ccccc6c5)c5ccc6c(c5)oc5ccccc56)cc4)c23)cc1. The maximum absolute atomic E-state index is 6.47. The number of nitrogens with zero attached hydrogens (tertiary/aromatic N) is 1. The number of anilines is 3. The molecule has 1 aromatic heterocycles. The molecule has 0 N–H and O–H groups in total. The molecule has 0 atom stereocenters. The Labute approximate surface area is 325 Å². The van der Waals surface area contributed by atoms with E-state index >= 15 is 0 Å². The van der Waals surface area contributed by atoms with E-state index in [0.717, 1.165) is 39.0 Å². The summed E-state index contributed by atoms with van der Waals surface area (Å²) in [5.74, 6) is 0. The van der Waals surface area contributed by atoms with Crippen LogP contribution in [0.1, 0.15) is 0 Å². The second-order valence-corrected chi connectivity index (χ2v) is 14.5. The monoisotopic (exact) mass is 713 g/mol. The highest BCUT2D eigenvalue weighted by atomic mass is 16.3. The Kier molecular flexibility index (Phi) is 7.53. The highest BCUT2D eigenvalue weighted by molar-refractivity contribution is 6.10. The van der Waals surface area contributed by atoms with Crippen LogP contribution in [0.3, 0.4) is 0 Å². The van der Waals surface area contributed by atoms with Crippen LogP contribution in [-0.2, 0) is 0 Å². The minimum Gasteiger partial charge on any atom is -0.456 e. The van der Waals surface area contributed by atoms with Crippen molar-refractivity contribution in [1.29, 1.82) is 0 Å². The molecule has 0 fully saturated rings. The first kappa shape index (κ1) is 32.0. The molecule has 0 aliphatic carbocycles. The number of rotatable bonds is 6. The zero-order chi connectivity index (χ0) is 37.0. The first-order valence-electron chi connectivity index (χ1n) is 19.2. The molecule has 2 heteroatoms. The van der Waals surface area contributed by atoms with E-state index in [2.05, 4.69) is 205 Å². The van der Waals surface area contributed by atoms with Crippen molar-refractivity contribution in [3.05, 3.63) is 212 Å². The average Bonchev–Trinajstić information content (AvgIpc) is 3.64. The van der Waals surface area contributed by atoms with Crippen LogP contribution in [0.15, 0.2) is 217 Å². The van der Waals surface area contributed by atoms with Gasteiger partial charge >= 0.3 is 0 Å². The smallest absolute Gasteiger partial charge is 0.137 e. The van der Waals surface area contributed by atoms with Gasteiger partial charge in [0.15, 0.2) is 0 Å². The molecule has 0 bridgehead atoms. The average molecular weight is 714 g/mol. The van der Waals surface area contributed by atoms with Crippen LogP contribution in [0.4, 0.5) is 17.1 Å². The first-order chi connectivity index (χ1) is 27.8. The molecule has 10 aromatic carbocycles. The van der Waals surface area contributed by atoms with Gasteiger partial charge in [-0.05, 0) is 108 Å². The third kappa shape index (κ3) is 5.34. The van der Waals surface area contributed by atoms with Crippen LogP contribution in [-0.4, -0.2) is 0 Å². The summed E-state index contributed by atoms with van der Waals surface area (Å²) in [6.07, 6.45) is 0. The Balaban J connectivity index is 1.12. The molecule has 0 saturated carbocycles. The molecular formula is C54H35NO. The fraction of sp³-hybridized carbons (Fsp3) is 0. The van der Waals surface area contributed by atoms with Gasteiger partial charge in [-0.15, -0.1) is 0 Å². The van der Waals surface area contributed by atoms with E-state index in [-0.39, 0.29) is 0 Å². The molecule has 11 aromatic rings. The molecule has 0 aliphatic heterocycles. The van der Waals surface area contributed by atoms with Gasteiger partial charge in [-0.1, -0.05) is 164 Å². The third-order valence-electron chi connectivity index (χ3n) is 11.2. The lowest BCUT2D eigenvalue weighted by atomic mass is 9.91. The Morgan fingerprint density at radius 3 is 1.61 bits per heavy atom. The standard InChI is InChI=1S/C54H35NO/c1-2-13-37(14-3-1)46-23-11-18-39-19-12-24-47(54(39)46)38-27-29-41(30-28-38)55(42-31-32-50-49-22-8-9-26-52(49)56-53(50)35-42)43-33-40-16-5-7-21-45(40)51(34-43)48-25-10-17-36-15-4-6-20-44(36)48/h1-35H. The summed E-state index contributed by atoms with van der Waals surface area (Å²) >= 11 is 0. The lowest BCUT2D eigenvalue weighted by molar-refractivity contribution is 0.669. The Bertz CT molecular complexity index is 3240. The molecule has 56 heavy (non-hydrogen) atoms. The number of fused-ring (bicyclic) bond motifs is 6.